The van der Waals surface area contributed by atoms with Crippen LogP contribution in [0.5, 0.6) is 5.75 Å². The summed E-state index contributed by atoms with van der Waals surface area (Å²) in [5.41, 5.74) is 1.72. The van der Waals surface area contributed by atoms with Crippen LogP contribution in [0.15, 0.2) is 48.5 Å². The van der Waals surface area contributed by atoms with Crippen LogP contribution < -0.4 is 15.4 Å². The Balaban J connectivity index is 1.68. The number of hydrogen-bond acceptors (Lipinski definition) is 5. The summed E-state index contributed by atoms with van der Waals surface area (Å²) in [5.74, 6) is -1.39. The lowest BCUT2D eigenvalue weighted by Crippen LogP contribution is -2.28. The highest BCUT2D eigenvalue weighted by atomic mass is 19.4. The monoisotopic (exact) mass is 520 g/mol. The number of methoxy groups -OCH3 is 1. The maximum absolute atomic E-state index is 14.3. The van der Waals surface area contributed by atoms with E-state index in [1.165, 1.54) is 23.9 Å². The van der Waals surface area contributed by atoms with Gasteiger partial charge in [0.25, 0.3) is 0 Å². The topological polar surface area (TPSA) is 94.5 Å². The van der Waals surface area contributed by atoms with Crippen LogP contribution >= 0.6 is 0 Å². The number of benzene rings is 2. The average Bonchev–Trinajstić information content (AvgIpc) is 3.48. The van der Waals surface area contributed by atoms with E-state index in [1.54, 1.807) is 36.4 Å². The van der Waals surface area contributed by atoms with E-state index in [-0.39, 0.29) is 42.7 Å². The van der Waals surface area contributed by atoms with Crippen LogP contribution in [0.4, 0.5) is 23.4 Å². The number of carbonyl (C=O) groups excluding carboxylic acids is 2. The number of hydrogen-bond donors (Lipinski definition) is 2. The molecular weight excluding hydrogens is 496 g/mol. The predicted octanol–water partition coefficient (Wildman–Crippen LogP) is 4.23. The number of halogens is 4. The van der Waals surface area contributed by atoms with Gasteiger partial charge in [-0.05, 0) is 24.6 Å². The van der Waals surface area contributed by atoms with Crippen LogP contribution in [-0.2, 0) is 20.9 Å². The second-order valence-corrected chi connectivity index (χ2v) is 8.57. The van der Waals surface area contributed by atoms with Crippen molar-refractivity contribution in [1.82, 2.24) is 15.1 Å². The predicted molar refractivity (Wildman–Crippen MR) is 126 cm³/mol. The van der Waals surface area contributed by atoms with E-state index in [2.05, 4.69) is 15.7 Å². The third kappa shape index (κ3) is 6.26. The van der Waals surface area contributed by atoms with E-state index in [0.717, 1.165) is 6.92 Å². The molecule has 1 saturated heterocycles. The smallest absolute Gasteiger partial charge is 0.414 e. The minimum atomic E-state index is -4.49. The van der Waals surface area contributed by atoms with Crippen molar-refractivity contribution in [2.75, 3.05) is 19.0 Å². The fourth-order valence-corrected chi connectivity index (χ4v) is 3.79. The van der Waals surface area contributed by atoms with E-state index in [9.17, 15) is 27.2 Å². The molecule has 1 aliphatic rings. The van der Waals surface area contributed by atoms with Crippen LogP contribution in [0, 0.1) is 11.7 Å². The maximum atomic E-state index is 14.3. The molecule has 196 valence electrons. The van der Waals surface area contributed by atoms with Crippen molar-refractivity contribution in [3.8, 4) is 22.7 Å². The Morgan fingerprint density at radius 1 is 1.24 bits per heavy atom. The van der Waals surface area contributed by atoms with Gasteiger partial charge in [-0.1, -0.05) is 18.2 Å². The molecule has 12 heteroatoms. The second-order valence-electron chi connectivity index (χ2n) is 8.57. The molecule has 1 fully saturated rings. The standard InChI is InChI=1S/C25H24F4N4O4/c1-14(25(27,28)29)37-13-15-4-3-5-16(6-15)21-11-22(31-24(35)17-7-23(34)30-12-17)32-33(21)19-8-18(26)9-20(10-19)36-2/h3-6,8-11,14,17H,7,12-13H2,1-2H3,(H,30,34)(H,31,32,35)/t14-,17+/m1/s1. The van der Waals surface area contributed by atoms with Crippen LogP contribution in [0.3, 0.4) is 0 Å². The number of nitrogens with zero attached hydrogens (tertiary/aromatic N) is 2. The number of aromatic nitrogens is 2. The van der Waals surface area contributed by atoms with Gasteiger partial charge in [-0.15, -0.1) is 5.10 Å². The van der Waals surface area contributed by atoms with Crippen LogP contribution in [0.1, 0.15) is 18.9 Å². The summed E-state index contributed by atoms with van der Waals surface area (Å²) < 4.78 is 64.3. The molecule has 37 heavy (non-hydrogen) atoms. The number of nitrogens with one attached hydrogen (secondary N) is 2. The third-order valence-electron chi connectivity index (χ3n) is 5.83. The van der Waals surface area contributed by atoms with Gasteiger partial charge in [0.15, 0.2) is 11.9 Å². The van der Waals surface area contributed by atoms with Crippen molar-refractivity contribution in [3.05, 3.63) is 59.9 Å². The largest absolute Gasteiger partial charge is 0.497 e. The first-order chi connectivity index (χ1) is 17.5. The van der Waals surface area contributed by atoms with Gasteiger partial charge in [-0.25, -0.2) is 9.07 Å². The molecule has 2 atom stereocenters. The van der Waals surface area contributed by atoms with Crippen molar-refractivity contribution < 1.29 is 36.6 Å². The van der Waals surface area contributed by atoms with Crippen LogP contribution in [-0.4, -0.2) is 47.5 Å². The Morgan fingerprint density at radius 3 is 2.70 bits per heavy atom. The van der Waals surface area contributed by atoms with Crippen molar-refractivity contribution >= 4 is 17.6 Å². The lowest BCUT2D eigenvalue weighted by Gasteiger charge is -2.16. The summed E-state index contributed by atoms with van der Waals surface area (Å²) in [6.45, 7) is 0.846. The summed E-state index contributed by atoms with van der Waals surface area (Å²) in [6.07, 6.45) is -6.38. The Hall–Kier alpha value is -3.93. The van der Waals surface area contributed by atoms with Gasteiger partial charge in [-0.2, -0.15) is 13.2 Å². The number of rotatable bonds is 8. The van der Waals surface area contributed by atoms with Crippen molar-refractivity contribution in [2.24, 2.45) is 5.92 Å². The fourth-order valence-electron chi connectivity index (χ4n) is 3.79. The van der Waals surface area contributed by atoms with Crippen molar-refractivity contribution in [1.29, 1.82) is 0 Å². The molecule has 0 unspecified atom stereocenters. The molecule has 0 bridgehead atoms. The van der Waals surface area contributed by atoms with Crippen molar-refractivity contribution in [2.45, 2.75) is 32.2 Å². The summed E-state index contributed by atoms with van der Waals surface area (Å²) >= 11 is 0. The second kappa shape index (κ2) is 10.6. The highest BCUT2D eigenvalue weighted by Crippen LogP contribution is 2.30. The molecule has 2 aromatic carbocycles. The highest BCUT2D eigenvalue weighted by Gasteiger charge is 2.36. The lowest BCUT2D eigenvalue weighted by atomic mass is 10.1. The van der Waals surface area contributed by atoms with E-state index in [0.29, 0.717) is 16.8 Å². The fraction of sp³-hybridized carbons (Fsp3) is 0.320. The molecule has 2 amide bonds. The van der Waals surface area contributed by atoms with Gasteiger partial charge >= 0.3 is 6.18 Å². The molecule has 2 heterocycles. The normalized spacial score (nSPS) is 16.4. The van der Waals surface area contributed by atoms with Crippen molar-refractivity contribution in [3.63, 3.8) is 0 Å². The zero-order valence-electron chi connectivity index (χ0n) is 19.9. The van der Waals surface area contributed by atoms with Crippen LogP contribution in [0.25, 0.3) is 16.9 Å². The summed E-state index contributed by atoms with van der Waals surface area (Å²) in [6, 6.07) is 12.1. The summed E-state index contributed by atoms with van der Waals surface area (Å²) in [5, 5.41) is 9.69. The molecule has 0 aliphatic carbocycles. The van der Waals surface area contributed by atoms with Crippen LogP contribution in [0.2, 0.25) is 0 Å². The molecule has 2 N–H and O–H groups in total. The first kappa shape index (κ1) is 26.1. The first-order valence-electron chi connectivity index (χ1n) is 11.3. The SMILES string of the molecule is COc1cc(F)cc(-n2nc(NC(=O)[C@@H]3CNC(=O)C3)cc2-c2cccc(CO[C@H](C)C(F)(F)F)c2)c1. The van der Waals surface area contributed by atoms with E-state index in [4.69, 9.17) is 9.47 Å². The van der Waals surface area contributed by atoms with Gasteiger partial charge < -0.3 is 20.1 Å². The summed E-state index contributed by atoms with van der Waals surface area (Å²) in [7, 11) is 1.39. The Kier molecular flexibility index (Phi) is 7.48. The van der Waals surface area contributed by atoms with Gasteiger partial charge in [0, 0.05) is 36.7 Å². The lowest BCUT2D eigenvalue weighted by molar-refractivity contribution is -0.217. The molecule has 0 spiro atoms. The van der Waals surface area contributed by atoms with Gasteiger partial charge in [0.2, 0.25) is 11.8 Å². The zero-order valence-corrected chi connectivity index (χ0v) is 19.9. The van der Waals surface area contributed by atoms with E-state index >= 15 is 0 Å². The molecule has 8 nitrogen and oxygen atoms in total. The quantitative estimate of drug-likeness (QED) is 0.434. The van der Waals surface area contributed by atoms with Gasteiger partial charge in [-0.3, -0.25) is 9.59 Å². The highest BCUT2D eigenvalue weighted by molar-refractivity contribution is 5.97. The first-order valence-corrected chi connectivity index (χ1v) is 11.3. The van der Waals surface area contributed by atoms with E-state index < -0.39 is 29.9 Å². The Labute approximate surface area is 209 Å². The van der Waals surface area contributed by atoms with E-state index in [1.807, 2.05) is 0 Å². The molecular formula is C25H24F4N4O4. The number of carbonyl (C=O) groups is 2. The molecule has 4 rings (SSSR count). The number of alkyl halides is 3. The van der Waals surface area contributed by atoms with Gasteiger partial charge in [0.05, 0.1) is 31.0 Å². The minimum absolute atomic E-state index is 0.0545. The zero-order chi connectivity index (χ0) is 26.7. The maximum Gasteiger partial charge on any atom is 0.414 e. The number of amides is 2. The number of anilines is 1. The minimum Gasteiger partial charge on any atom is -0.497 e. The molecule has 0 radical (unpaired) electrons. The average molecular weight is 520 g/mol. The van der Waals surface area contributed by atoms with Gasteiger partial charge in [0.1, 0.15) is 11.6 Å². The molecule has 3 aromatic rings. The Bertz CT molecular complexity index is 1310. The molecule has 1 aromatic heterocycles. The Morgan fingerprint density at radius 2 is 2.03 bits per heavy atom. The molecule has 0 saturated carbocycles. The number of ether oxygens (including phenoxy) is 2. The molecule has 1 aliphatic heterocycles. The third-order valence-corrected chi connectivity index (χ3v) is 5.83. The summed E-state index contributed by atoms with van der Waals surface area (Å²) in [4.78, 5) is 24.1.